The van der Waals surface area contributed by atoms with E-state index in [1.165, 1.54) is 0 Å². The van der Waals surface area contributed by atoms with Gasteiger partial charge in [0.15, 0.2) is 0 Å². The Morgan fingerprint density at radius 3 is 2.79 bits per heavy atom. The normalized spacial score (nSPS) is 12.6. The predicted octanol–water partition coefficient (Wildman–Crippen LogP) is 1.72. The van der Waals surface area contributed by atoms with Crippen LogP contribution in [0.4, 0.5) is 0 Å². The van der Waals surface area contributed by atoms with Gasteiger partial charge in [0, 0.05) is 22.2 Å². The van der Waals surface area contributed by atoms with Gasteiger partial charge in [0.1, 0.15) is 5.75 Å². The summed E-state index contributed by atoms with van der Waals surface area (Å²) in [4.78, 5) is 0. The zero-order valence-corrected chi connectivity index (χ0v) is 10.1. The van der Waals surface area contributed by atoms with Crippen LogP contribution in [0.2, 0.25) is 0 Å². The van der Waals surface area contributed by atoms with Crippen molar-refractivity contribution in [3.05, 3.63) is 27.3 Å². The summed E-state index contributed by atoms with van der Waals surface area (Å²) in [5.41, 5.74) is 0.730. The molecular formula is C10H13IO3. The van der Waals surface area contributed by atoms with Gasteiger partial charge in [0.25, 0.3) is 0 Å². The lowest BCUT2D eigenvalue weighted by molar-refractivity contribution is 0.131. The quantitative estimate of drug-likeness (QED) is 0.833. The van der Waals surface area contributed by atoms with Crippen molar-refractivity contribution in [1.29, 1.82) is 0 Å². The van der Waals surface area contributed by atoms with Crippen LogP contribution >= 0.6 is 22.6 Å². The molecule has 0 aromatic heterocycles. The molecule has 2 N–H and O–H groups in total. The van der Waals surface area contributed by atoms with Crippen molar-refractivity contribution in [2.45, 2.75) is 12.5 Å². The summed E-state index contributed by atoms with van der Waals surface area (Å²) in [6.07, 6.45) is -0.333. The first-order valence-corrected chi connectivity index (χ1v) is 5.39. The van der Waals surface area contributed by atoms with Crippen molar-refractivity contribution in [3.63, 3.8) is 0 Å². The van der Waals surface area contributed by atoms with Gasteiger partial charge < -0.3 is 14.9 Å². The molecule has 1 rings (SSSR count). The van der Waals surface area contributed by atoms with Crippen LogP contribution in [0.15, 0.2) is 18.2 Å². The van der Waals surface area contributed by atoms with Gasteiger partial charge in [-0.25, -0.2) is 0 Å². The SMILES string of the molecule is COc1ccc(I)cc1C(O)CCO. The van der Waals surface area contributed by atoms with Gasteiger partial charge in [0.05, 0.1) is 13.2 Å². The molecule has 0 spiro atoms. The number of rotatable bonds is 4. The predicted molar refractivity (Wildman–Crippen MR) is 62.4 cm³/mol. The van der Waals surface area contributed by atoms with E-state index in [0.29, 0.717) is 12.2 Å². The Balaban J connectivity index is 2.97. The third kappa shape index (κ3) is 2.83. The maximum absolute atomic E-state index is 9.71. The Kier molecular flexibility index (Phi) is 4.64. The maximum Gasteiger partial charge on any atom is 0.124 e. The first kappa shape index (κ1) is 11.7. The summed E-state index contributed by atoms with van der Waals surface area (Å²) in [5, 5.41) is 18.4. The molecule has 0 aliphatic heterocycles. The summed E-state index contributed by atoms with van der Waals surface area (Å²) in [7, 11) is 1.57. The number of aliphatic hydroxyl groups excluding tert-OH is 2. The van der Waals surface area contributed by atoms with Gasteiger partial charge in [-0.15, -0.1) is 0 Å². The fourth-order valence-electron chi connectivity index (χ4n) is 1.24. The second-order valence-electron chi connectivity index (χ2n) is 2.91. The van der Waals surface area contributed by atoms with Gasteiger partial charge in [-0.1, -0.05) is 0 Å². The van der Waals surface area contributed by atoms with Crippen LogP contribution in [-0.4, -0.2) is 23.9 Å². The van der Waals surface area contributed by atoms with Crippen molar-refractivity contribution >= 4 is 22.6 Å². The smallest absolute Gasteiger partial charge is 0.124 e. The van der Waals surface area contributed by atoms with Gasteiger partial charge in [-0.3, -0.25) is 0 Å². The number of halogens is 1. The van der Waals surface area contributed by atoms with Gasteiger partial charge in [-0.05, 0) is 40.8 Å². The van der Waals surface area contributed by atoms with E-state index in [1.807, 2.05) is 18.2 Å². The Hall–Kier alpha value is -0.330. The van der Waals surface area contributed by atoms with E-state index in [4.69, 9.17) is 9.84 Å². The van der Waals surface area contributed by atoms with E-state index < -0.39 is 6.10 Å². The summed E-state index contributed by atoms with van der Waals surface area (Å²) in [6.45, 7) is -0.0320. The molecular weight excluding hydrogens is 295 g/mol. The van der Waals surface area contributed by atoms with Crippen molar-refractivity contribution in [3.8, 4) is 5.75 Å². The van der Waals surface area contributed by atoms with E-state index in [0.717, 1.165) is 9.13 Å². The largest absolute Gasteiger partial charge is 0.496 e. The summed E-state index contributed by atoms with van der Waals surface area (Å²) in [6, 6.07) is 5.59. The second-order valence-corrected chi connectivity index (χ2v) is 4.16. The van der Waals surface area contributed by atoms with E-state index in [2.05, 4.69) is 22.6 Å². The lowest BCUT2D eigenvalue weighted by Crippen LogP contribution is -2.03. The third-order valence-corrected chi connectivity index (χ3v) is 2.62. The lowest BCUT2D eigenvalue weighted by atomic mass is 10.1. The molecule has 0 amide bonds. The topological polar surface area (TPSA) is 49.7 Å². The number of hydrogen-bond donors (Lipinski definition) is 2. The molecule has 0 saturated carbocycles. The van der Waals surface area contributed by atoms with E-state index in [9.17, 15) is 5.11 Å². The molecule has 1 atom stereocenters. The van der Waals surface area contributed by atoms with Crippen LogP contribution in [0.1, 0.15) is 18.1 Å². The number of benzene rings is 1. The highest BCUT2D eigenvalue weighted by molar-refractivity contribution is 14.1. The summed E-state index contributed by atoms with van der Waals surface area (Å²) >= 11 is 2.17. The van der Waals surface area contributed by atoms with E-state index in [1.54, 1.807) is 7.11 Å². The average Bonchev–Trinajstić information content (AvgIpc) is 2.18. The number of ether oxygens (including phenoxy) is 1. The Morgan fingerprint density at radius 1 is 1.50 bits per heavy atom. The molecule has 0 saturated heterocycles. The summed E-state index contributed by atoms with van der Waals surface area (Å²) in [5.74, 6) is 0.659. The Labute approximate surface area is 96.9 Å². The molecule has 0 heterocycles. The number of aliphatic hydroxyl groups is 2. The molecule has 3 nitrogen and oxygen atoms in total. The zero-order valence-electron chi connectivity index (χ0n) is 7.90. The molecule has 0 fully saturated rings. The first-order valence-electron chi connectivity index (χ1n) is 4.31. The highest BCUT2D eigenvalue weighted by atomic mass is 127. The second kappa shape index (κ2) is 5.53. The van der Waals surface area contributed by atoms with Crippen LogP contribution in [0.5, 0.6) is 5.75 Å². The molecule has 4 heteroatoms. The minimum atomic E-state index is -0.662. The van der Waals surface area contributed by atoms with Crippen LogP contribution < -0.4 is 4.74 Å². The van der Waals surface area contributed by atoms with Crippen molar-refractivity contribution in [1.82, 2.24) is 0 Å². The van der Waals surface area contributed by atoms with Gasteiger partial charge in [-0.2, -0.15) is 0 Å². The first-order chi connectivity index (χ1) is 6.69. The third-order valence-electron chi connectivity index (χ3n) is 1.95. The fraction of sp³-hybridized carbons (Fsp3) is 0.400. The molecule has 0 radical (unpaired) electrons. The minimum Gasteiger partial charge on any atom is -0.496 e. The molecule has 0 bridgehead atoms. The average molecular weight is 308 g/mol. The molecule has 1 unspecified atom stereocenters. The highest BCUT2D eigenvalue weighted by Crippen LogP contribution is 2.28. The van der Waals surface area contributed by atoms with Crippen LogP contribution in [0.3, 0.4) is 0 Å². The molecule has 0 aliphatic carbocycles. The van der Waals surface area contributed by atoms with E-state index in [-0.39, 0.29) is 6.61 Å². The van der Waals surface area contributed by atoms with Crippen LogP contribution in [0.25, 0.3) is 0 Å². The zero-order chi connectivity index (χ0) is 10.6. The van der Waals surface area contributed by atoms with Crippen LogP contribution in [0, 0.1) is 3.57 Å². The lowest BCUT2D eigenvalue weighted by Gasteiger charge is -2.13. The van der Waals surface area contributed by atoms with E-state index >= 15 is 0 Å². The molecule has 14 heavy (non-hydrogen) atoms. The highest BCUT2D eigenvalue weighted by Gasteiger charge is 2.12. The summed E-state index contributed by atoms with van der Waals surface area (Å²) < 4.78 is 6.16. The number of hydrogen-bond acceptors (Lipinski definition) is 3. The molecule has 0 aliphatic rings. The van der Waals surface area contributed by atoms with Crippen molar-refractivity contribution < 1.29 is 14.9 Å². The van der Waals surface area contributed by atoms with Gasteiger partial charge >= 0.3 is 0 Å². The van der Waals surface area contributed by atoms with Crippen molar-refractivity contribution in [2.24, 2.45) is 0 Å². The standard InChI is InChI=1S/C10H13IO3/c1-14-10-3-2-7(11)6-8(10)9(13)4-5-12/h2-3,6,9,12-13H,4-5H2,1H3. The fourth-order valence-corrected chi connectivity index (χ4v) is 1.76. The van der Waals surface area contributed by atoms with Crippen LogP contribution in [-0.2, 0) is 0 Å². The van der Waals surface area contributed by atoms with Gasteiger partial charge in [0.2, 0.25) is 0 Å². The number of methoxy groups -OCH3 is 1. The maximum atomic E-state index is 9.71. The van der Waals surface area contributed by atoms with Crippen molar-refractivity contribution in [2.75, 3.05) is 13.7 Å². The monoisotopic (exact) mass is 308 g/mol. The Bertz CT molecular complexity index is 301. The molecule has 78 valence electrons. The Morgan fingerprint density at radius 2 is 2.21 bits per heavy atom. The molecule has 1 aromatic rings. The molecule has 1 aromatic carbocycles. The minimum absolute atomic E-state index is 0.0320.